The molecule has 34 heavy (non-hydrogen) atoms. The van der Waals surface area contributed by atoms with Crippen LogP contribution in [0.5, 0.6) is 0 Å². The zero-order valence-electron chi connectivity index (χ0n) is 20.3. The molecule has 2 fully saturated rings. The number of likely N-dealkylation sites (N-methyl/N-ethyl adjacent to an activating group) is 1. The first-order valence-electron chi connectivity index (χ1n) is 12.6. The van der Waals surface area contributed by atoms with Gasteiger partial charge in [0.2, 0.25) is 11.8 Å². The van der Waals surface area contributed by atoms with Crippen LogP contribution < -0.4 is 10.6 Å². The minimum atomic E-state index is -0.356. The molecule has 0 aromatic heterocycles. The Hall–Kier alpha value is -2.70. The van der Waals surface area contributed by atoms with Crippen LogP contribution in [0.3, 0.4) is 0 Å². The first kappa shape index (κ1) is 23.1. The standard InChI is InChI=1S/C28H36N4O2/c1-20(33)30-28-18-31(2)27(22-10-4-3-5-11-22)24(28)15-16-32(19-28)17-26(34)29-25-14-8-12-21-9-6-7-13-23(21)25/h3-5,8,10-12,14,24,27H,6-7,9,13,15-19H2,1-2H3,(H,29,34)(H,30,33)/t24-,27-,28+/m1/s1. The fraction of sp³-hybridized carbons (Fsp3) is 0.500. The van der Waals surface area contributed by atoms with Gasteiger partial charge in [-0.15, -0.1) is 0 Å². The summed E-state index contributed by atoms with van der Waals surface area (Å²) in [5.41, 5.74) is 4.58. The van der Waals surface area contributed by atoms with E-state index in [9.17, 15) is 9.59 Å². The molecule has 2 amide bonds. The molecule has 2 N–H and O–H groups in total. The monoisotopic (exact) mass is 460 g/mol. The molecule has 2 aromatic carbocycles. The lowest BCUT2D eigenvalue weighted by atomic mass is 9.75. The van der Waals surface area contributed by atoms with Crippen molar-refractivity contribution in [1.82, 2.24) is 15.1 Å². The highest BCUT2D eigenvalue weighted by atomic mass is 16.2. The fourth-order valence-electron chi connectivity index (χ4n) is 6.76. The summed E-state index contributed by atoms with van der Waals surface area (Å²) in [7, 11) is 2.15. The van der Waals surface area contributed by atoms with E-state index in [-0.39, 0.29) is 23.4 Å². The van der Waals surface area contributed by atoms with Gasteiger partial charge < -0.3 is 10.6 Å². The van der Waals surface area contributed by atoms with Crippen molar-refractivity contribution in [2.45, 2.75) is 50.6 Å². The van der Waals surface area contributed by atoms with E-state index in [0.717, 1.165) is 38.0 Å². The normalized spacial score (nSPS) is 27.0. The Kier molecular flexibility index (Phi) is 6.45. The topological polar surface area (TPSA) is 64.7 Å². The summed E-state index contributed by atoms with van der Waals surface area (Å²) in [4.78, 5) is 30.0. The van der Waals surface area contributed by atoms with Crippen molar-refractivity contribution in [1.29, 1.82) is 0 Å². The summed E-state index contributed by atoms with van der Waals surface area (Å²) in [5.74, 6) is 0.333. The molecule has 0 radical (unpaired) electrons. The molecule has 3 atom stereocenters. The molecule has 0 saturated carbocycles. The Labute approximate surface area is 202 Å². The quantitative estimate of drug-likeness (QED) is 0.718. The van der Waals surface area contributed by atoms with Crippen LogP contribution >= 0.6 is 0 Å². The van der Waals surface area contributed by atoms with Crippen LogP contribution in [0.15, 0.2) is 48.5 Å². The lowest BCUT2D eigenvalue weighted by Crippen LogP contribution is -2.64. The van der Waals surface area contributed by atoms with Crippen molar-refractivity contribution in [3.8, 4) is 0 Å². The summed E-state index contributed by atoms with van der Waals surface area (Å²) in [6.45, 7) is 4.26. The van der Waals surface area contributed by atoms with Crippen molar-refractivity contribution in [3.05, 3.63) is 65.2 Å². The van der Waals surface area contributed by atoms with Gasteiger partial charge in [-0.3, -0.25) is 19.4 Å². The second kappa shape index (κ2) is 9.51. The maximum absolute atomic E-state index is 13.1. The van der Waals surface area contributed by atoms with Gasteiger partial charge in [-0.05, 0) is 68.5 Å². The van der Waals surface area contributed by atoms with Gasteiger partial charge in [-0.2, -0.15) is 0 Å². The Morgan fingerprint density at radius 1 is 1.03 bits per heavy atom. The highest BCUT2D eigenvalue weighted by Crippen LogP contribution is 2.46. The molecule has 0 bridgehead atoms. The summed E-state index contributed by atoms with van der Waals surface area (Å²) in [6.07, 6.45) is 5.49. The third-order valence-corrected chi connectivity index (χ3v) is 7.96. The summed E-state index contributed by atoms with van der Waals surface area (Å²) in [5, 5.41) is 6.52. The fourth-order valence-corrected chi connectivity index (χ4v) is 6.76. The molecule has 2 aromatic rings. The van der Waals surface area contributed by atoms with E-state index < -0.39 is 0 Å². The predicted molar refractivity (Wildman–Crippen MR) is 135 cm³/mol. The largest absolute Gasteiger partial charge is 0.348 e. The van der Waals surface area contributed by atoms with Crippen molar-refractivity contribution < 1.29 is 9.59 Å². The van der Waals surface area contributed by atoms with E-state index in [4.69, 9.17) is 0 Å². The highest BCUT2D eigenvalue weighted by Gasteiger charge is 2.54. The van der Waals surface area contributed by atoms with Crippen molar-refractivity contribution >= 4 is 17.5 Å². The highest BCUT2D eigenvalue weighted by molar-refractivity contribution is 5.93. The van der Waals surface area contributed by atoms with Gasteiger partial charge >= 0.3 is 0 Å². The second-order valence-electron chi connectivity index (χ2n) is 10.4. The van der Waals surface area contributed by atoms with Gasteiger partial charge in [0.25, 0.3) is 0 Å². The number of likely N-dealkylation sites (tertiary alicyclic amines) is 2. The summed E-state index contributed by atoms with van der Waals surface area (Å²) < 4.78 is 0. The van der Waals surface area contributed by atoms with E-state index in [1.165, 1.54) is 29.5 Å². The SMILES string of the molecule is CC(=O)N[C@@]12CN(CC(=O)Nc3cccc4c3CCCC4)CC[C@@H]1[C@@H](c1ccccc1)N(C)C2. The molecule has 6 heteroatoms. The third kappa shape index (κ3) is 4.49. The van der Waals surface area contributed by atoms with Crippen molar-refractivity contribution in [3.63, 3.8) is 0 Å². The smallest absolute Gasteiger partial charge is 0.238 e. The van der Waals surface area contributed by atoms with Gasteiger partial charge in [-0.1, -0.05) is 42.5 Å². The molecule has 0 spiro atoms. The van der Waals surface area contributed by atoms with Crippen LogP contribution in [-0.4, -0.2) is 60.4 Å². The van der Waals surface area contributed by atoms with Gasteiger partial charge in [0.05, 0.1) is 12.1 Å². The minimum Gasteiger partial charge on any atom is -0.348 e. The van der Waals surface area contributed by atoms with Crippen LogP contribution in [0.4, 0.5) is 5.69 Å². The van der Waals surface area contributed by atoms with E-state index in [2.05, 4.69) is 63.9 Å². The molecule has 3 aliphatic rings. The molecule has 1 aliphatic carbocycles. The first-order valence-corrected chi connectivity index (χ1v) is 12.6. The zero-order chi connectivity index (χ0) is 23.7. The van der Waals surface area contributed by atoms with Gasteiger partial charge in [-0.25, -0.2) is 0 Å². The Balaban J connectivity index is 1.31. The zero-order valence-corrected chi connectivity index (χ0v) is 20.3. The minimum absolute atomic E-state index is 0.00525. The molecule has 2 saturated heterocycles. The number of nitrogens with zero attached hydrogens (tertiary/aromatic N) is 2. The summed E-state index contributed by atoms with van der Waals surface area (Å²) >= 11 is 0. The lowest BCUT2D eigenvalue weighted by Gasteiger charge is -2.45. The number of carbonyl (C=O) groups is 2. The number of anilines is 1. The number of aryl methyl sites for hydroxylation is 1. The van der Waals surface area contributed by atoms with Crippen LogP contribution in [0.2, 0.25) is 0 Å². The van der Waals surface area contributed by atoms with Crippen molar-refractivity contribution in [2.75, 3.05) is 38.5 Å². The Bertz CT molecular complexity index is 1060. The number of carbonyl (C=O) groups excluding carboxylic acids is 2. The average molecular weight is 461 g/mol. The van der Waals surface area contributed by atoms with E-state index in [1.54, 1.807) is 6.92 Å². The van der Waals surface area contributed by atoms with Crippen LogP contribution in [0.1, 0.15) is 48.9 Å². The Morgan fingerprint density at radius 3 is 2.62 bits per heavy atom. The summed E-state index contributed by atoms with van der Waals surface area (Å²) in [6, 6.07) is 17.1. The first-order chi connectivity index (χ1) is 16.4. The van der Waals surface area contributed by atoms with Gasteiger partial charge in [0, 0.05) is 37.7 Å². The van der Waals surface area contributed by atoms with Crippen molar-refractivity contribution in [2.24, 2.45) is 5.92 Å². The maximum Gasteiger partial charge on any atom is 0.238 e. The van der Waals surface area contributed by atoms with Crippen LogP contribution in [0.25, 0.3) is 0 Å². The number of hydrogen-bond acceptors (Lipinski definition) is 4. The van der Waals surface area contributed by atoms with E-state index in [1.807, 2.05) is 12.1 Å². The number of nitrogens with one attached hydrogen (secondary N) is 2. The average Bonchev–Trinajstić information content (AvgIpc) is 3.09. The van der Waals surface area contributed by atoms with Crippen LogP contribution in [0, 0.1) is 5.92 Å². The second-order valence-corrected chi connectivity index (χ2v) is 10.4. The third-order valence-electron chi connectivity index (χ3n) is 7.96. The van der Waals surface area contributed by atoms with E-state index in [0.29, 0.717) is 19.0 Å². The number of hydrogen-bond donors (Lipinski definition) is 2. The molecule has 2 aliphatic heterocycles. The Morgan fingerprint density at radius 2 is 1.82 bits per heavy atom. The molecule has 180 valence electrons. The molecular weight excluding hydrogens is 424 g/mol. The molecule has 5 rings (SSSR count). The number of fused-ring (bicyclic) bond motifs is 2. The van der Waals surface area contributed by atoms with Gasteiger partial charge in [0.1, 0.15) is 0 Å². The lowest BCUT2D eigenvalue weighted by molar-refractivity contribution is -0.122. The molecule has 2 heterocycles. The number of rotatable bonds is 5. The molecule has 6 nitrogen and oxygen atoms in total. The van der Waals surface area contributed by atoms with Gasteiger partial charge in [0.15, 0.2) is 0 Å². The number of piperidine rings is 1. The van der Waals surface area contributed by atoms with E-state index >= 15 is 0 Å². The number of benzene rings is 2. The predicted octanol–water partition coefficient (Wildman–Crippen LogP) is 3.39. The molecular formula is C28H36N4O2. The maximum atomic E-state index is 13.1. The van der Waals surface area contributed by atoms with Crippen LogP contribution in [-0.2, 0) is 22.4 Å². The molecule has 0 unspecified atom stereocenters. The number of amides is 2.